The van der Waals surface area contributed by atoms with E-state index in [0.717, 1.165) is 4.31 Å². The van der Waals surface area contributed by atoms with Crippen LogP contribution in [0.25, 0.3) is 0 Å². The van der Waals surface area contributed by atoms with Crippen molar-refractivity contribution in [2.75, 3.05) is 11.4 Å². The fraction of sp³-hybridized carbons (Fsp3) is 0.0500. The summed E-state index contributed by atoms with van der Waals surface area (Å²) in [6.45, 7) is 0. The van der Waals surface area contributed by atoms with Gasteiger partial charge in [-0.05, 0) is 48.5 Å². The Morgan fingerprint density at radius 3 is 2.32 bits per heavy atom. The van der Waals surface area contributed by atoms with Gasteiger partial charge in [-0.25, -0.2) is 8.42 Å². The highest BCUT2D eigenvalue weighted by Crippen LogP contribution is 2.33. The molecule has 0 spiro atoms. The zero-order chi connectivity index (χ0) is 20.3. The van der Waals surface area contributed by atoms with Crippen LogP contribution in [-0.2, 0) is 10.0 Å². The SMILES string of the molecule is COc1ccc(N(C(=O)c2cccc(Br)c2)S(=O)(=O)c2ccccc2)cc1Cl. The van der Waals surface area contributed by atoms with Gasteiger partial charge < -0.3 is 4.74 Å². The number of hydrogen-bond acceptors (Lipinski definition) is 4. The molecule has 0 atom stereocenters. The van der Waals surface area contributed by atoms with Crippen LogP contribution >= 0.6 is 27.5 Å². The van der Waals surface area contributed by atoms with E-state index in [4.69, 9.17) is 16.3 Å². The summed E-state index contributed by atoms with van der Waals surface area (Å²) in [5.74, 6) is -0.330. The molecule has 3 aromatic rings. The molecule has 0 fully saturated rings. The molecule has 144 valence electrons. The number of halogens is 2. The Hall–Kier alpha value is -2.35. The Labute approximate surface area is 176 Å². The third-order valence-corrected chi connectivity index (χ3v) is 6.42. The lowest BCUT2D eigenvalue weighted by Crippen LogP contribution is -2.37. The minimum Gasteiger partial charge on any atom is -0.495 e. The molecule has 28 heavy (non-hydrogen) atoms. The lowest BCUT2D eigenvalue weighted by molar-refractivity contribution is 0.101. The molecule has 0 aliphatic carbocycles. The van der Waals surface area contributed by atoms with Crippen molar-refractivity contribution in [1.29, 1.82) is 0 Å². The first-order valence-electron chi connectivity index (χ1n) is 8.08. The number of hydrogen-bond donors (Lipinski definition) is 0. The van der Waals surface area contributed by atoms with E-state index in [1.54, 1.807) is 42.5 Å². The van der Waals surface area contributed by atoms with Gasteiger partial charge in [-0.2, -0.15) is 4.31 Å². The van der Waals surface area contributed by atoms with Gasteiger partial charge in [-0.15, -0.1) is 0 Å². The predicted octanol–water partition coefficient (Wildman–Crippen LogP) is 5.15. The van der Waals surface area contributed by atoms with Gasteiger partial charge in [0.25, 0.3) is 15.9 Å². The Balaban J connectivity index is 2.19. The number of amides is 1. The summed E-state index contributed by atoms with van der Waals surface area (Å²) in [7, 11) is -2.73. The molecule has 5 nitrogen and oxygen atoms in total. The fourth-order valence-electron chi connectivity index (χ4n) is 2.58. The highest BCUT2D eigenvalue weighted by molar-refractivity contribution is 9.10. The quantitative estimate of drug-likeness (QED) is 0.507. The maximum absolute atomic E-state index is 13.3. The van der Waals surface area contributed by atoms with E-state index in [1.165, 1.54) is 37.4 Å². The minimum atomic E-state index is -4.18. The van der Waals surface area contributed by atoms with Gasteiger partial charge in [0, 0.05) is 10.0 Å². The van der Waals surface area contributed by atoms with E-state index in [-0.39, 0.29) is 21.2 Å². The highest BCUT2D eigenvalue weighted by atomic mass is 79.9. The Bertz CT molecular complexity index is 1120. The molecular formula is C20H15BrClNO4S. The largest absolute Gasteiger partial charge is 0.495 e. The molecule has 0 heterocycles. The van der Waals surface area contributed by atoms with Crippen LogP contribution in [-0.4, -0.2) is 21.4 Å². The zero-order valence-electron chi connectivity index (χ0n) is 14.7. The average Bonchev–Trinajstić information content (AvgIpc) is 2.69. The minimum absolute atomic E-state index is 0.00899. The molecule has 0 aliphatic heterocycles. The average molecular weight is 481 g/mol. The summed E-state index contributed by atoms with van der Waals surface area (Å²) in [4.78, 5) is 13.2. The van der Waals surface area contributed by atoms with Crippen LogP contribution in [0.15, 0.2) is 82.2 Å². The summed E-state index contributed by atoms with van der Waals surface area (Å²) in [5, 5.41) is 0.190. The molecule has 1 amide bonds. The van der Waals surface area contributed by atoms with Gasteiger partial charge in [-0.1, -0.05) is 51.8 Å². The number of rotatable bonds is 5. The third kappa shape index (κ3) is 4.06. The van der Waals surface area contributed by atoms with Crippen LogP contribution in [0.3, 0.4) is 0 Å². The Morgan fingerprint density at radius 2 is 1.71 bits per heavy atom. The van der Waals surface area contributed by atoms with Crippen LogP contribution in [0.5, 0.6) is 5.75 Å². The first-order chi connectivity index (χ1) is 13.3. The Kier molecular flexibility index (Phi) is 6.07. The normalized spacial score (nSPS) is 11.1. The van der Waals surface area contributed by atoms with Crippen molar-refractivity contribution in [2.45, 2.75) is 4.90 Å². The lowest BCUT2D eigenvalue weighted by atomic mass is 10.2. The van der Waals surface area contributed by atoms with Crippen molar-refractivity contribution in [2.24, 2.45) is 0 Å². The highest BCUT2D eigenvalue weighted by Gasteiger charge is 2.32. The molecule has 0 bridgehead atoms. The Morgan fingerprint density at radius 1 is 1.00 bits per heavy atom. The molecular weight excluding hydrogens is 466 g/mol. The summed E-state index contributed by atoms with van der Waals surface area (Å²) in [6.07, 6.45) is 0. The third-order valence-electron chi connectivity index (χ3n) is 3.91. The summed E-state index contributed by atoms with van der Waals surface area (Å²) in [5.41, 5.74) is 0.320. The summed E-state index contributed by atoms with van der Waals surface area (Å²) < 4.78 is 33.2. The van der Waals surface area contributed by atoms with Crippen LogP contribution in [0.2, 0.25) is 5.02 Å². The van der Waals surface area contributed by atoms with E-state index in [0.29, 0.717) is 10.2 Å². The fourth-order valence-corrected chi connectivity index (χ4v) is 4.66. The standard InChI is InChI=1S/C20H15BrClNO4S/c1-27-19-11-10-16(13-18(19)22)23(20(24)14-6-5-7-15(21)12-14)28(25,26)17-8-3-2-4-9-17/h2-13H,1H3. The number of methoxy groups -OCH3 is 1. The number of carbonyl (C=O) groups is 1. The molecule has 3 aromatic carbocycles. The van der Waals surface area contributed by atoms with Gasteiger partial charge in [0.1, 0.15) is 5.75 Å². The molecule has 8 heteroatoms. The van der Waals surface area contributed by atoms with Crippen LogP contribution in [0, 0.1) is 0 Å². The second kappa shape index (κ2) is 8.34. The van der Waals surface area contributed by atoms with E-state index in [2.05, 4.69) is 15.9 Å². The molecule has 0 unspecified atom stereocenters. The number of nitrogens with zero attached hydrogens (tertiary/aromatic N) is 1. The maximum atomic E-state index is 13.3. The molecule has 0 aromatic heterocycles. The molecule has 0 radical (unpaired) electrons. The van der Waals surface area contributed by atoms with Crippen molar-refractivity contribution in [3.8, 4) is 5.75 Å². The number of carbonyl (C=O) groups excluding carboxylic acids is 1. The number of anilines is 1. The lowest BCUT2D eigenvalue weighted by Gasteiger charge is -2.23. The van der Waals surface area contributed by atoms with Crippen LogP contribution < -0.4 is 9.04 Å². The van der Waals surface area contributed by atoms with Gasteiger partial charge in [-0.3, -0.25) is 4.79 Å². The van der Waals surface area contributed by atoms with E-state index in [1.807, 2.05) is 0 Å². The van der Waals surface area contributed by atoms with E-state index >= 15 is 0 Å². The van der Waals surface area contributed by atoms with Crippen molar-refractivity contribution >= 4 is 49.1 Å². The van der Waals surface area contributed by atoms with E-state index in [9.17, 15) is 13.2 Å². The maximum Gasteiger partial charge on any atom is 0.272 e. The summed E-state index contributed by atoms with van der Waals surface area (Å²) in [6, 6.07) is 18.6. The monoisotopic (exact) mass is 479 g/mol. The molecule has 0 saturated heterocycles. The number of ether oxygens (including phenoxy) is 1. The molecule has 0 saturated carbocycles. The van der Waals surface area contributed by atoms with Gasteiger partial charge in [0.2, 0.25) is 0 Å². The van der Waals surface area contributed by atoms with Gasteiger partial charge in [0.15, 0.2) is 0 Å². The van der Waals surface area contributed by atoms with Crippen molar-refractivity contribution in [3.05, 3.63) is 87.9 Å². The van der Waals surface area contributed by atoms with Crippen molar-refractivity contribution in [3.63, 3.8) is 0 Å². The second-order valence-corrected chi connectivity index (χ2v) is 8.83. The van der Waals surface area contributed by atoms with E-state index < -0.39 is 15.9 Å². The van der Waals surface area contributed by atoms with Gasteiger partial charge in [0.05, 0.1) is 22.7 Å². The zero-order valence-corrected chi connectivity index (χ0v) is 17.8. The first-order valence-corrected chi connectivity index (χ1v) is 10.7. The topological polar surface area (TPSA) is 63.7 Å². The predicted molar refractivity (Wildman–Crippen MR) is 113 cm³/mol. The number of benzene rings is 3. The van der Waals surface area contributed by atoms with Crippen molar-refractivity contribution in [1.82, 2.24) is 0 Å². The smallest absolute Gasteiger partial charge is 0.272 e. The first kappa shape index (κ1) is 20.4. The number of sulfonamides is 1. The van der Waals surface area contributed by atoms with Crippen molar-refractivity contribution < 1.29 is 17.9 Å². The molecule has 0 N–H and O–H groups in total. The molecule has 3 rings (SSSR count). The summed E-state index contributed by atoms with van der Waals surface area (Å²) >= 11 is 9.48. The second-order valence-electron chi connectivity index (χ2n) is 5.72. The molecule has 0 aliphatic rings. The van der Waals surface area contributed by atoms with Crippen LogP contribution in [0.1, 0.15) is 10.4 Å². The van der Waals surface area contributed by atoms with Gasteiger partial charge >= 0.3 is 0 Å². The van der Waals surface area contributed by atoms with Crippen LogP contribution in [0.4, 0.5) is 5.69 Å².